The van der Waals surface area contributed by atoms with Crippen molar-refractivity contribution in [1.82, 2.24) is 9.97 Å². The summed E-state index contributed by atoms with van der Waals surface area (Å²) in [5.74, 6) is 0.349. The van der Waals surface area contributed by atoms with Gasteiger partial charge in [-0.3, -0.25) is 0 Å². The molecule has 0 aliphatic carbocycles. The summed E-state index contributed by atoms with van der Waals surface area (Å²) in [6, 6.07) is 13.6. The number of nitrogens with zero attached hydrogens (tertiary/aromatic N) is 2. The van der Waals surface area contributed by atoms with Crippen molar-refractivity contribution in [2.45, 2.75) is 32.6 Å². The van der Waals surface area contributed by atoms with Crippen LogP contribution in [0.5, 0.6) is 0 Å². The van der Waals surface area contributed by atoms with Crippen molar-refractivity contribution in [3.05, 3.63) is 65.7 Å². The summed E-state index contributed by atoms with van der Waals surface area (Å²) in [6.45, 7) is 7.37. The zero-order valence-electron chi connectivity index (χ0n) is 14.3. The number of nitrogens with one attached hydrogen (secondary N) is 1. The van der Waals surface area contributed by atoms with Crippen molar-refractivity contribution >= 4 is 16.7 Å². The molecular weight excluding hydrogens is 301 g/mol. The van der Waals surface area contributed by atoms with E-state index in [1.165, 1.54) is 23.5 Å². The third-order valence-electron chi connectivity index (χ3n) is 4.14. The van der Waals surface area contributed by atoms with Crippen molar-refractivity contribution in [1.29, 1.82) is 0 Å². The first-order chi connectivity index (χ1) is 11.4. The van der Waals surface area contributed by atoms with Crippen LogP contribution >= 0.6 is 0 Å². The van der Waals surface area contributed by atoms with Crippen LogP contribution in [0.2, 0.25) is 0 Å². The van der Waals surface area contributed by atoms with Gasteiger partial charge in [-0.1, -0.05) is 51.1 Å². The highest BCUT2D eigenvalue weighted by atomic mass is 19.1. The Morgan fingerprint density at radius 2 is 1.75 bits per heavy atom. The fourth-order valence-corrected chi connectivity index (χ4v) is 2.69. The average Bonchev–Trinajstić information content (AvgIpc) is 2.55. The zero-order chi connectivity index (χ0) is 17.2. The lowest BCUT2D eigenvalue weighted by Gasteiger charge is -2.19. The van der Waals surface area contributed by atoms with E-state index in [2.05, 4.69) is 60.3 Å². The molecule has 1 aromatic heterocycles. The largest absolute Gasteiger partial charge is 0.369 e. The van der Waals surface area contributed by atoms with Gasteiger partial charge in [0.25, 0.3) is 0 Å². The first-order valence-corrected chi connectivity index (χ1v) is 8.18. The molecule has 0 amide bonds. The minimum Gasteiger partial charge on any atom is -0.369 e. The van der Waals surface area contributed by atoms with Crippen LogP contribution in [0.4, 0.5) is 10.2 Å². The van der Waals surface area contributed by atoms with Gasteiger partial charge in [0, 0.05) is 11.9 Å². The average molecular weight is 323 g/mol. The zero-order valence-corrected chi connectivity index (χ0v) is 14.3. The molecule has 3 nitrogen and oxygen atoms in total. The number of anilines is 1. The fraction of sp³-hybridized carbons (Fsp3) is 0.300. The van der Waals surface area contributed by atoms with Crippen molar-refractivity contribution in [2.75, 3.05) is 11.9 Å². The van der Waals surface area contributed by atoms with E-state index < -0.39 is 0 Å². The topological polar surface area (TPSA) is 37.8 Å². The molecule has 0 radical (unpaired) electrons. The Labute approximate surface area is 142 Å². The molecule has 3 rings (SSSR count). The molecule has 0 unspecified atom stereocenters. The highest BCUT2D eigenvalue weighted by molar-refractivity contribution is 5.89. The number of hydrogen-bond donors (Lipinski definition) is 1. The minimum atomic E-state index is -0.323. The molecular formula is C20H22FN3. The molecule has 1 N–H and O–H groups in total. The molecule has 4 heteroatoms. The second-order valence-electron chi connectivity index (χ2n) is 6.98. The SMILES string of the molecule is CC(C)(C)c1ccc(CCNc2ncnc3c(F)cccc23)cc1. The number of rotatable bonds is 4. The number of aromatic nitrogens is 2. The summed E-state index contributed by atoms with van der Waals surface area (Å²) in [4.78, 5) is 8.25. The number of para-hydroxylation sites is 1. The maximum Gasteiger partial charge on any atom is 0.149 e. The smallest absolute Gasteiger partial charge is 0.149 e. The highest BCUT2D eigenvalue weighted by Crippen LogP contribution is 2.23. The van der Waals surface area contributed by atoms with Gasteiger partial charge in [0.05, 0.1) is 0 Å². The van der Waals surface area contributed by atoms with Crippen LogP contribution in [-0.2, 0) is 11.8 Å². The van der Waals surface area contributed by atoms with Crippen molar-refractivity contribution < 1.29 is 4.39 Å². The molecule has 0 fully saturated rings. The normalized spacial score (nSPS) is 11.7. The molecule has 0 atom stereocenters. The molecule has 0 saturated carbocycles. The lowest BCUT2D eigenvalue weighted by Crippen LogP contribution is -2.11. The van der Waals surface area contributed by atoms with E-state index >= 15 is 0 Å². The molecule has 1 heterocycles. The Morgan fingerprint density at radius 3 is 2.46 bits per heavy atom. The molecule has 24 heavy (non-hydrogen) atoms. The van der Waals surface area contributed by atoms with Gasteiger partial charge < -0.3 is 5.32 Å². The number of benzene rings is 2. The van der Waals surface area contributed by atoms with Gasteiger partial charge in [-0.15, -0.1) is 0 Å². The number of halogens is 1. The van der Waals surface area contributed by atoms with E-state index in [-0.39, 0.29) is 11.2 Å². The second-order valence-corrected chi connectivity index (χ2v) is 6.98. The number of hydrogen-bond acceptors (Lipinski definition) is 3. The maximum atomic E-state index is 13.8. The van der Waals surface area contributed by atoms with Crippen LogP contribution in [-0.4, -0.2) is 16.5 Å². The third-order valence-corrected chi connectivity index (χ3v) is 4.14. The van der Waals surface area contributed by atoms with Crippen LogP contribution < -0.4 is 5.32 Å². The summed E-state index contributed by atoms with van der Waals surface area (Å²) in [6.07, 6.45) is 2.27. The summed E-state index contributed by atoms with van der Waals surface area (Å²) >= 11 is 0. The first kappa shape index (κ1) is 16.4. The Hall–Kier alpha value is -2.49. The van der Waals surface area contributed by atoms with Crippen LogP contribution in [0.25, 0.3) is 10.9 Å². The summed E-state index contributed by atoms with van der Waals surface area (Å²) in [5, 5.41) is 4.00. The van der Waals surface area contributed by atoms with E-state index in [0.717, 1.165) is 13.0 Å². The van der Waals surface area contributed by atoms with Crippen molar-refractivity contribution in [2.24, 2.45) is 0 Å². The Bertz CT molecular complexity index is 836. The molecule has 3 aromatic rings. The molecule has 0 bridgehead atoms. The van der Waals surface area contributed by atoms with Crippen molar-refractivity contribution in [3.8, 4) is 0 Å². The van der Waals surface area contributed by atoms with E-state index in [0.29, 0.717) is 16.7 Å². The van der Waals surface area contributed by atoms with E-state index in [4.69, 9.17) is 0 Å². The molecule has 2 aromatic carbocycles. The highest BCUT2D eigenvalue weighted by Gasteiger charge is 2.12. The molecule has 0 aliphatic rings. The van der Waals surface area contributed by atoms with Crippen LogP contribution in [0.1, 0.15) is 31.9 Å². The van der Waals surface area contributed by atoms with E-state index in [1.54, 1.807) is 6.07 Å². The molecule has 124 valence electrons. The predicted molar refractivity (Wildman–Crippen MR) is 96.8 cm³/mol. The lowest BCUT2D eigenvalue weighted by molar-refractivity contribution is 0.590. The van der Waals surface area contributed by atoms with Gasteiger partial charge in [-0.05, 0) is 35.1 Å². The van der Waals surface area contributed by atoms with Gasteiger partial charge in [0.2, 0.25) is 0 Å². The Balaban J connectivity index is 1.68. The Morgan fingerprint density at radius 1 is 1.00 bits per heavy atom. The molecule has 0 spiro atoms. The van der Waals surface area contributed by atoms with Crippen LogP contribution in [0.15, 0.2) is 48.8 Å². The first-order valence-electron chi connectivity index (χ1n) is 8.18. The monoisotopic (exact) mass is 323 g/mol. The number of fused-ring (bicyclic) bond motifs is 1. The van der Waals surface area contributed by atoms with Gasteiger partial charge in [0.1, 0.15) is 23.5 Å². The minimum absolute atomic E-state index is 0.167. The maximum absolute atomic E-state index is 13.8. The van der Waals surface area contributed by atoms with E-state index in [9.17, 15) is 4.39 Å². The van der Waals surface area contributed by atoms with Gasteiger partial charge in [-0.2, -0.15) is 0 Å². The second kappa shape index (κ2) is 6.56. The van der Waals surface area contributed by atoms with E-state index in [1.807, 2.05) is 6.07 Å². The summed E-state index contributed by atoms with van der Waals surface area (Å²) in [5.41, 5.74) is 3.11. The van der Waals surface area contributed by atoms with Crippen LogP contribution in [0.3, 0.4) is 0 Å². The van der Waals surface area contributed by atoms with Crippen molar-refractivity contribution in [3.63, 3.8) is 0 Å². The standard InChI is InChI=1S/C20H22FN3/c1-20(2,3)15-9-7-14(8-10-15)11-12-22-19-16-5-4-6-17(21)18(16)23-13-24-19/h4-10,13H,11-12H2,1-3H3,(H,22,23,24). The predicted octanol–water partition coefficient (Wildman–Crippen LogP) is 4.72. The lowest BCUT2D eigenvalue weighted by atomic mass is 9.86. The molecule has 0 saturated heterocycles. The Kier molecular flexibility index (Phi) is 4.47. The summed E-state index contributed by atoms with van der Waals surface area (Å²) < 4.78 is 13.8. The van der Waals surface area contributed by atoms with Gasteiger partial charge in [-0.25, -0.2) is 14.4 Å². The summed E-state index contributed by atoms with van der Waals surface area (Å²) in [7, 11) is 0. The fourth-order valence-electron chi connectivity index (χ4n) is 2.69. The van der Waals surface area contributed by atoms with Gasteiger partial charge >= 0.3 is 0 Å². The van der Waals surface area contributed by atoms with Crippen LogP contribution in [0, 0.1) is 5.82 Å². The molecule has 0 aliphatic heterocycles. The third kappa shape index (κ3) is 3.53. The quantitative estimate of drug-likeness (QED) is 0.755. The van der Waals surface area contributed by atoms with Gasteiger partial charge in [0.15, 0.2) is 0 Å².